The van der Waals surface area contributed by atoms with Crippen molar-refractivity contribution in [3.8, 4) is 5.75 Å². The quantitative estimate of drug-likeness (QED) is 0.485. The van der Waals surface area contributed by atoms with Gasteiger partial charge < -0.3 is 15.8 Å². The van der Waals surface area contributed by atoms with Crippen molar-refractivity contribution < 1.29 is 13.9 Å². The summed E-state index contributed by atoms with van der Waals surface area (Å²) in [6.07, 6.45) is 1.28. The molecule has 8 nitrogen and oxygen atoms in total. The Morgan fingerprint density at radius 3 is 2.64 bits per heavy atom. The van der Waals surface area contributed by atoms with Crippen LogP contribution in [0.3, 0.4) is 0 Å². The molecule has 28 heavy (non-hydrogen) atoms. The van der Waals surface area contributed by atoms with Crippen molar-refractivity contribution in [2.75, 3.05) is 23.6 Å². The number of amides is 1. The number of hydrogen-bond acceptors (Lipinski definition) is 7. The van der Waals surface area contributed by atoms with E-state index in [2.05, 4.69) is 26.1 Å². The van der Waals surface area contributed by atoms with Crippen LogP contribution in [0.5, 0.6) is 5.75 Å². The van der Waals surface area contributed by atoms with Gasteiger partial charge in [0.25, 0.3) is 5.91 Å². The number of hydrogen-bond donors (Lipinski definition) is 4. The van der Waals surface area contributed by atoms with E-state index in [1.54, 1.807) is 13.2 Å². The molecule has 0 aliphatic rings. The SMILES string of the molecule is COc1ccc(C)cc1Nc1ncnc(NNC(=O)c2ccccc2F)c1N. The van der Waals surface area contributed by atoms with Crippen molar-refractivity contribution in [2.24, 2.45) is 0 Å². The molecule has 2 aromatic carbocycles. The van der Waals surface area contributed by atoms with Gasteiger partial charge in [-0.2, -0.15) is 0 Å². The van der Waals surface area contributed by atoms with E-state index in [0.29, 0.717) is 17.3 Å². The van der Waals surface area contributed by atoms with E-state index in [-0.39, 0.29) is 17.1 Å². The highest BCUT2D eigenvalue weighted by Gasteiger charge is 2.14. The highest BCUT2D eigenvalue weighted by Crippen LogP contribution is 2.31. The Kier molecular flexibility index (Phi) is 5.54. The van der Waals surface area contributed by atoms with Crippen LogP contribution in [0.4, 0.5) is 27.4 Å². The number of ether oxygens (including phenoxy) is 1. The lowest BCUT2D eigenvalue weighted by Gasteiger charge is -2.15. The van der Waals surface area contributed by atoms with Gasteiger partial charge in [-0.05, 0) is 36.8 Å². The molecule has 1 heterocycles. The van der Waals surface area contributed by atoms with Crippen LogP contribution in [0.15, 0.2) is 48.8 Å². The van der Waals surface area contributed by atoms with Crippen LogP contribution in [0, 0.1) is 12.7 Å². The van der Waals surface area contributed by atoms with Gasteiger partial charge in [-0.15, -0.1) is 0 Å². The number of anilines is 4. The number of nitrogens with zero attached hydrogens (tertiary/aromatic N) is 2. The third-order valence-corrected chi connectivity index (χ3v) is 3.90. The lowest BCUT2D eigenvalue weighted by molar-refractivity contribution is 0.0958. The summed E-state index contributed by atoms with van der Waals surface area (Å²) in [5.74, 6) is -0.196. The number of aromatic nitrogens is 2. The molecule has 0 bridgehead atoms. The molecule has 0 aliphatic heterocycles. The zero-order chi connectivity index (χ0) is 20.1. The first-order chi connectivity index (χ1) is 13.5. The molecule has 1 amide bonds. The van der Waals surface area contributed by atoms with Crippen molar-refractivity contribution in [2.45, 2.75) is 6.92 Å². The van der Waals surface area contributed by atoms with E-state index in [1.165, 1.54) is 24.5 Å². The van der Waals surface area contributed by atoms with E-state index in [4.69, 9.17) is 10.5 Å². The molecule has 0 saturated heterocycles. The first kappa shape index (κ1) is 18.9. The molecular weight excluding hydrogens is 363 g/mol. The number of rotatable bonds is 6. The monoisotopic (exact) mass is 382 g/mol. The number of carbonyl (C=O) groups excluding carboxylic acids is 1. The Morgan fingerprint density at radius 2 is 1.89 bits per heavy atom. The number of nitrogen functional groups attached to an aromatic ring is 1. The van der Waals surface area contributed by atoms with Crippen LogP contribution in [-0.4, -0.2) is 23.0 Å². The number of benzene rings is 2. The molecule has 0 spiro atoms. The second-order valence-electron chi connectivity index (χ2n) is 5.87. The summed E-state index contributed by atoms with van der Waals surface area (Å²) in [5, 5.41) is 3.09. The number of nitrogens with one attached hydrogen (secondary N) is 3. The lowest BCUT2D eigenvalue weighted by atomic mass is 10.2. The minimum Gasteiger partial charge on any atom is -0.495 e. The van der Waals surface area contributed by atoms with Crippen molar-refractivity contribution in [1.29, 1.82) is 0 Å². The van der Waals surface area contributed by atoms with E-state index in [0.717, 1.165) is 5.56 Å². The molecule has 5 N–H and O–H groups in total. The fourth-order valence-corrected chi connectivity index (χ4v) is 2.47. The number of aryl methyl sites for hydroxylation is 1. The number of carbonyl (C=O) groups is 1. The normalized spacial score (nSPS) is 10.2. The van der Waals surface area contributed by atoms with Gasteiger partial charge in [-0.1, -0.05) is 18.2 Å². The van der Waals surface area contributed by atoms with Gasteiger partial charge in [0.1, 0.15) is 23.6 Å². The molecule has 3 aromatic rings. The second kappa shape index (κ2) is 8.21. The summed E-state index contributed by atoms with van der Waals surface area (Å²) in [7, 11) is 1.56. The zero-order valence-electron chi connectivity index (χ0n) is 15.3. The van der Waals surface area contributed by atoms with Crippen molar-refractivity contribution in [3.63, 3.8) is 0 Å². The van der Waals surface area contributed by atoms with E-state index in [1.807, 2.05) is 25.1 Å². The summed E-state index contributed by atoms with van der Waals surface area (Å²) < 4.78 is 19.0. The maximum absolute atomic E-state index is 13.7. The van der Waals surface area contributed by atoms with Crippen molar-refractivity contribution >= 4 is 28.9 Å². The van der Waals surface area contributed by atoms with E-state index in [9.17, 15) is 9.18 Å². The van der Waals surface area contributed by atoms with Crippen LogP contribution in [0.2, 0.25) is 0 Å². The van der Waals surface area contributed by atoms with Crippen LogP contribution < -0.4 is 26.6 Å². The molecular formula is C19H19FN6O2. The molecule has 9 heteroatoms. The average Bonchev–Trinajstić information content (AvgIpc) is 2.69. The predicted octanol–water partition coefficient (Wildman–Crippen LogP) is 3.02. The molecule has 0 radical (unpaired) electrons. The van der Waals surface area contributed by atoms with Crippen LogP contribution in [0.1, 0.15) is 15.9 Å². The van der Waals surface area contributed by atoms with Gasteiger partial charge in [0, 0.05) is 0 Å². The summed E-state index contributed by atoms with van der Waals surface area (Å²) in [5.41, 5.74) is 12.8. The molecule has 0 atom stereocenters. The molecule has 0 aliphatic carbocycles. The first-order valence-electron chi connectivity index (χ1n) is 8.32. The molecule has 3 rings (SSSR count). The average molecular weight is 382 g/mol. The Bertz CT molecular complexity index is 1010. The maximum Gasteiger partial charge on any atom is 0.272 e. The predicted molar refractivity (Wildman–Crippen MR) is 105 cm³/mol. The lowest BCUT2D eigenvalue weighted by Crippen LogP contribution is -2.31. The maximum atomic E-state index is 13.7. The molecule has 0 fully saturated rings. The van der Waals surface area contributed by atoms with Gasteiger partial charge >= 0.3 is 0 Å². The Morgan fingerprint density at radius 1 is 1.14 bits per heavy atom. The Balaban J connectivity index is 1.77. The van der Waals surface area contributed by atoms with Gasteiger partial charge in [0.15, 0.2) is 11.6 Å². The highest BCUT2D eigenvalue weighted by atomic mass is 19.1. The Hall–Kier alpha value is -3.88. The number of nitrogens with two attached hydrogens (primary N) is 1. The fraction of sp³-hybridized carbons (Fsp3) is 0.105. The molecule has 0 unspecified atom stereocenters. The Labute approximate surface area is 160 Å². The number of hydrazine groups is 1. The van der Waals surface area contributed by atoms with Gasteiger partial charge in [-0.3, -0.25) is 15.6 Å². The topological polar surface area (TPSA) is 114 Å². The minimum atomic E-state index is -0.661. The van der Waals surface area contributed by atoms with Gasteiger partial charge in [0.05, 0.1) is 18.4 Å². The second-order valence-corrected chi connectivity index (χ2v) is 5.87. The summed E-state index contributed by atoms with van der Waals surface area (Å²) in [6, 6.07) is 11.3. The van der Waals surface area contributed by atoms with E-state index >= 15 is 0 Å². The molecule has 1 aromatic heterocycles. The number of methoxy groups -OCH3 is 1. The molecule has 0 saturated carbocycles. The van der Waals surface area contributed by atoms with Crippen molar-refractivity contribution in [1.82, 2.24) is 15.4 Å². The third kappa shape index (κ3) is 4.09. The van der Waals surface area contributed by atoms with Crippen LogP contribution in [0.25, 0.3) is 0 Å². The minimum absolute atomic E-state index is 0.106. The van der Waals surface area contributed by atoms with E-state index < -0.39 is 11.7 Å². The summed E-state index contributed by atoms with van der Waals surface area (Å²) >= 11 is 0. The third-order valence-electron chi connectivity index (χ3n) is 3.90. The summed E-state index contributed by atoms with van der Waals surface area (Å²) in [4.78, 5) is 20.2. The summed E-state index contributed by atoms with van der Waals surface area (Å²) in [6.45, 7) is 1.94. The molecule has 144 valence electrons. The first-order valence-corrected chi connectivity index (χ1v) is 8.32. The van der Waals surface area contributed by atoms with Crippen molar-refractivity contribution in [3.05, 3.63) is 65.7 Å². The smallest absolute Gasteiger partial charge is 0.272 e. The van der Waals surface area contributed by atoms with Gasteiger partial charge in [-0.25, -0.2) is 14.4 Å². The number of halogens is 1. The fourth-order valence-electron chi connectivity index (χ4n) is 2.47. The van der Waals surface area contributed by atoms with Gasteiger partial charge in [0.2, 0.25) is 0 Å². The standard InChI is InChI=1S/C19H19FN6O2/c1-11-7-8-15(28-2)14(9-11)24-17-16(21)18(23-10-22-17)25-26-19(27)12-5-3-4-6-13(12)20/h3-10H,21H2,1-2H3,(H,26,27)(H2,22,23,24,25). The highest BCUT2D eigenvalue weighted by molar-refractivity contribution is 5.95. The van der Waals surface area contributed by atoms with Crippen LogP contribution >= 0.6 is 0 Å². The zero-order valence-corrected chi connectivity index (χ0v) is 15.3. The largest absolute Gasteiger partial charge is 0.495 e. The van der Waals surface area contributed by atoms with Crippen LogP contribution in [-0.2, 0) is 0 Å².